The Hall–Kier alpha value is -2.54. The summed E-state index contributed by atoms with van der Waals surface area (Å²) in [5.41, 5.74) is 0.841. The fourth-order valence-corrected chi connectivity index (χ4v) is 2.30. The maximum atomic E-state index is 13.4. The summed E-state index contributed by atoms with van der Waals surface area (Å²) in [6.45, 7) is 0. The van der Waals surface area contributed by atoms with Crippen LogP contribution in [0.2, 0.25) is 0 Å². The summed E-state index contributed by atoms with van der Waals surface area (Å²) in [7, 11) is 1.30. The lowest BCUT2D eigenvalue weighted by molar-refractivity contribution is -0.139. The number of aromatic nitrogens is 1. The molecule has 0 unspecified atom stereocenters. The van der Waals surface area contributed by atoms with Crippen LogP contribution in [0.5, 0.6) is 0 Å². The zero-order valence-electron chi connectivity index (χ0n) is 11.7. The van der Waals surface area contributed by atoms with Gasteiger partial charge in [0.25, 0.3) is 0 Å². The van der Waals surface area contributed by atoms with Crippen molar-refractivity contribution >= 4 is 34.4 Å². The molecule has 1 aromatic heterocycles. The second-order valence-electron chi connectivity index (χ2n) is 4.24. The molecule has 0 atom stereocenters. The number of carbonyl (C=O) groups is 2. The standard InChI is InChI=1S/C15H13FN2O3S/c1-21-14(20)8-11-9-22-15(17-11)18-13(19)7-6-10-4-2-3-5-12(10)16/h2-7,9H,8H2,1H3,(H,17,18,19)/b7-6+. The third kappa shape index (κ3) is 4.49. The number of thiazole rings is 1. The van der Waals surface area contributed by atoms with E-state index in [1.54, 1.807) is 23.6 Å². The van der Waals surface area contributed by atoms with Gasteiger partial charge in [0.1, 0.15) is 5.82 Å². The van der Waals surface area contributed by atoms with Crippen molar-refractivity contribution < 1.29 is 18.7 Å². The minimum Gasteiger partial charge on any atom is -0.469 e. The molecule has 0 fully saturated rings. The maximum absolute atomic E-state index is 13.4. The van der Waals surface area contributed by atoms with E-state index in [9.17, 15) is 14.0 Å². The minimum atomic E-state index is -0.428. The van der Waals surface area contributed by atoms with Gasteiger partial charge in [0.15, 0.2) is 5.13 Å². The van der Waals surface area contributed by atoms with Crippen LogP contribution in [-0.4, -0.2) is 24.0 Å². The van der Waals surface area contributed by atoms with Crippen molar-refractivity contribution in [2.75, 3.05) is 12.4 Å². The largest absolute Gasteiger partial charge is 0.469 e. The molecule has 0 bridgehead atoms. The van der Waals surface area contributed by atoms with Crippen LogP contribution in [0.3, 0.4) is 0 Å². The number of rotatable bonds is 5. The Kier molecular flexibility index (Phi) is 5.37. The van der Waals surface area contributed by atoms with Crippen LogP contribution >= 0.6 is 11.3 Å². The first kappa shape index (κ1) is 15.8. The molecular formula is C15H13FN2O3S. The van der Waals surface area contributed by atoms with Gasteiger partial charge < -0.3 is 4.74 Å². The van der Waals surface area contributed by atoms with Crippen LogP contribution in [0.4, 0.5) is 9.52 Å². The molecule has 22 heavy (non-hydrogen) atoms. The molecule has 0 aliphatic rings. The van der Waals surface area contributed by atoms with Crippen molar-refractivity contribution in [3.8, 4) is 0 Å². The first-order chi connectivity index (χ1) is 10.6. The SMILES string of the molecule is COC(=O)Cc1csc(NC(=O)/C=C/c2ccccc2F)n1. The second-order valence-corrected chi connectivity index (χ2v) is 5.10. The average molecular weight is 320 g/mol. The van der Waals surface area contributed by atoms with Crippen LogP contribution in [-0.2, 0) is 20.7 Å². The van der Waals surface area contributed by atoms with Gasteiger partial charge >= 0.3 is 5.97 Å². The molecule has 114 valence electrons. The highest BCUT2D eigenvalue weighted by Crippen LogP contribution is 2.16. The molecule has 2 rings (SSSR count). The number of hydrogen-bond donors (Lipinski definition) is 1. The van der Waals surface area contributed by atoms with Crippen LogP contribution < -0.4 is 5.32 Å². The maximum Gasteiger partial charge on any atom is 0.311 e. The van der Waals surface area contributed by atoms with Gasteiger partial charge in [-0.3, -0.25) is 14.9 Å². The normalized spacial score (nSPS) is 10.6. The van der Waals surface area contributed by atoms with Gasteiger partial charge in [-0.2, -0.15) is 0 Å². The van der Waals surface area contributed by atoms with Gasteiger partial charge in [0, 0.05) is 17.0 Å². The predicted octanol–water partition coefficient (Wildman–Crippen LogP) is 2.65. The van der Waals surface area contributed by atoms with Crippen LogP contribution in [0.1, 0.15) is 11.3 Å². The molecule has 0 saturated heterocycles. The number of ether oxygens (including phenoxy) is 1. The molecule has 1 heterocycles. The lowest BCUT2D eigenvalue weighted by Crippen LogP contribution is -2.08. The summed E-state index contributed by atoms with van der Waals surface area (Å²) < 4.78 is 17.9. The number of methoxy groups -OCH3 is 1. The fraction of sp³-hybridized carbons (Fsp3) is 0.133. The molecule has 1 N–H and O–H groups in total. The average Bonchev–Trinajstić information content (AvgIpc) is 2.93. The Bertz CT molecular complexity index is 712. The Morgan fingerprint density at radius 2 is 2.18 bits per heavy atom. The van der Waals surface area contributed by atoms with E-state index in [0.717, 1.165) is 0 Å². The molecule has 0 aliphatic carbocycles. The fourth-order valence-electron chi connectivity index (χ4n) is 1.59. The number of benzene rings is 1. The quantitative estimate of drug-likeness (QED) is 0.679. The number of halogens is 1. The molecule has 0 saturated carbocycles. The highest BCUT2D eigenvalue weighted by Gasteiger charge is 2.08. The topological polar surface area (TPSA) is 68.3 Å². The van der Waals surface area contributed by atoms with Crippen LogP contribution in [0, 0.1) is 5.82 Å². The predicted molar refractivity (Wildman–Crippen MR) is 81.9 cm³/mol. The lowest BCUT2D eigenvalue weighted by Gasteiger charge is -1.97. The zero-order valence-corrected chi connectivity index (χ0v) is 12.5. The van der Waals surface area contributed by atoms with Crippen molar-refractivity contribution in [2.45, 2.75) is 6.42 Å². The van der Waals surface area contributed by atoms with Crippen molar-refractivity contribution in [3.05, 3.63) is 52.8 Å². The van der Waals surface area contributed by atoms with Gasteiger partial charge in [-0.25, -0.2) is 9.37 Å². The Labute approximate surface area is 130 Å². The highest BCUT2D eigenvalue weighted by molar-refractivity contribution is 7.14. The van der Waals surface area contributed by atoms with Crippen molar-refractivity contribution in [1.29, 1.82) is 0 Å². The number of nitrogens with zero attached hydrogens (tertiary/aromatic N) is 1. The van der Waals surface area contributed by atoms with Crippen molar-refractivity contribution in [2.24, 2.45) is 0 Å². The van der Waals surface area contributed by atoms with Crippen molar-refractivity contribution in [1.82, 2.24) is 4.98 Å². The van der Waals surface area contributed by atoms with Gasteiger partial charge in [-0.1, -0.05) is 18.2 Å². The number of amides is 1. The summed E-state index contributed by atoms with van der Waals surface area (Å²) >= 11 is 1.20. The van der Waals surface area contributed by atoms with Gasteiger partial charge in [0.05, 0.1) is 19.2 Å². The third-order valence-electron chi connectivity index (χ3n) is 2.65. The van der Waals surface area contributed by atoms with E-state index < -0.39 is 17.7 Å². The third-order valence-corrected chi connectivity index (χ3v) is 3.46. The van der Waals surface area contributed by atoms with Gasteiger partial charge in [-0.05, 0) is 12.1 Å². The first-order valence-electron chi connectivity index (χ1n) is 6.33. The highest BCUT2D eigenvalue weighted by atomic mass is 32.1. The molecule has 0 aliphatic heterocycles. The lowest BCUT2D eigenvalue weighted by atomic mass is 10.2. The number of carbonyl (C=O) groups excluding carboxylic acids is 2. The zero-order chi connectivity index (χ0) is 15.9. The molecule has 0 radical (unpaired) electrons. The molecule has 1 amide bonds. The molecule has 0 spiro atoms. The van der Waals surface area contributed by atoms with Gasteiger partial charge in [-0.15, -0.1) is 11.3 Å². The second kappa shape index (κ2) is 7.46. The summed E-state index contributed by atoms with van der Waals surface area (Å²) in [4.78, 5) is 26.9. The molecule has 2 aromatic rings. The van der Waals surface area contributed by atoms with E-state index in [4.69, 9.17) is 0 Å². The molecule has 7 heteroatoms. The van der Waals surface area contributed by atoms with E-state index in [1.165, 1.54) is 36.7 Å². The van der Waals surface area contributed by atoms with E-state index in [-0.39, 0.29) is 6.42 Å². The number of esters is 1. The summed E-state index contributed by atoms with van der Waals surface area (Å²) in [6.07, 6.45) is 2.65. The van der Waals surface area contributed by atoms with Crippen molar-refractivity contribution in [3.63, 3.8) is 0 Å². The minimum absolute atomic E-state index is 0.0495. The summed E-state index contributed by atoms with van der Waals surface area (Å²) in [5.74, 6) is -1.23. The molecule has 1 aromatic carbocycles. The summed E-state index contributed by atoms with van der Waals surface area (Å²) in [5, 5.41) is 4.57. The monoisotopic (exact) mass is 320 g/mol. The first-order valence-corrected chi connectivity index (χ1v) is 7.21. The number of anilines is 1. The number of nitrogens with one attached hydrogen (secondary N) is 1. The smallest absolute Gasteiger partial charge is 0.311 e. The van der Waals surface area contributed by atoms with Gasteiger partial charge in [0.2, 0.25) is 5.91 Å². The summed E-state index contributed by atoms with van der Waals surface area (Å²) in [6, 6.07) is 6.14. The van der Waals surface area contributed by atoms with E-state index in [2.05, 4.69) is 15.0 Å². The van der Waals surface area contributed by atoms with Crippen LogP contribution in [0.25, 0.3) is 6.08 Å². The van der Waals surface area contributed by atoms with E-state index >= 15 is 0 Å². The van der Waals surface area contributed by atoms with E-state index in [0.29, 0.717) is 16.4 Å². The Morgan fingerprint density at radius 1 is 1.41 bits per heavy atom. The molecular weight excluding hydrogens is 307 g/mol. The van der Waals surface area contributed by atoms with Crippen LogP contribution in [0.15, 0.2) is 35.7 Å². The Morgan fingerprint density at radius 3 is 2.91 bits per heavy atom. The number of hydrogen-bond acceptors (Lipinski definition) is 5. The van der Waals surface area contributed by atoms with E-state index in [1.807, 2.05) is 0 Å². The Balaban J connectivity index is 1.95. The molecule has 5 nitrogen and oxygen atoms in total.